The Morgan fingerprint density at radius 1 is 1.65 bits per heavy atom. The summed E-state index contributed by atoms with van der Waals surface area (Å²) < 4.78 is 4.54. The number of nitrogens with one attached hydrogen (secondary N) is 1. The molecule has 0 aliphatic carbocycles. The van der Waals surface area contributed by atoms with Gasteiger partial charge in [0.25, 0.3) is 5.69 Å². The second kappa shape index (κ2) is 5.46. The Bertz CT molecular complexity index is 493. The van der Waals surface area contributed by atoms with Gasteiger partial charge in [0.05, 0.1) is 10.5 Å². The Labute approximate surface area is 96.8 Å². The number of carbonyl (C=O) groups excluding carboxylic acids is 1. The van der Waals surface area contributed by atoms with Crippen molar-refractivity contribution < 1.29 is 14.5 Å². The number of anilines is 1. The smallest absolute Gasteiger partial charge is 0.339 e. The minimum atomic E-state index is -0.766. The van der Waals surface area contributed by atoms with Crippen LogP contribution in [-0.4, -0.2) is 24.5 Å². The molecule has 0 saturated heterocycles. The first kappa shape index (κ1) is 12.4. The molecule has 0 amide bonds. The number of hydrogen-bond acceptors (Lipinski definition) is 6. The summed E-state index contributed by atoms with van der Waals surface area (Å²) in [7, 11) is 1.54. The van der Waals surface area contributed by atoms with Crippen molar-refractivity contribution in [1.82, 2.24) is 0 Å². The normalized spacial score (nSPS) is 9.18. The number of ether oxygens (including phenoxy) is 1. The number of nitriles is 1. The summed E-state index contributed by atoms with van der Waals surface area (Å²) in [5.41, 5.74) is 0.108. The Balaban J connectivity index is 3.04. The van der Waals surface area contributed by atoms with Crippen molar-refractivity contribution in [2.24, 2.45) is 0 Å². The second-order valence-electron chi connectivity index (χ2n) is 2.97. The molecule has 0 atom stereocenters. The van der Waals surface area contributed by atoms with Gasteiger partial charge in [-0.25, -0.2) is 4.79 Å². The van der Waals surface area contributed by atoms with Crippen LogP contribution < -0.4 is 5.32 Å². The minimum absolute atomic E-state index is 0.0333. The maximum Gasteiger partial charge on any atom is 0.339 e. The van der Waals surface area contributed by atoms with Gasteiger partial charge < -0.3 is 10.1 Å². The van der Waals surface area contributed by atoms with Gasteiger partial charge in [-0.1, -0.05) is 0 Å². The van der Waals surface area contributed by atoms with E-state index in [1.165, 1.54) is 19.2 Å². The predicted octanol–water partition coefficient (Wildman–Crippen LogP) is 1.32. The zero-order valence-electron chi connectivity index (χ0n) is 8.97. The van der Waals surface area contributed by atoms with Crippen LogP contribution in [0.5, 0.6) is 0 Å². The lowest BCUT2D eigenvalue weighted by Crippen LogP contribution is -2.06. The molecule has 1 aromatic carbocycles. The van der Waals surface area contributed by atoms with E-state index in [0.29, 0.717) is 5.69 Å². The first-order valence-electron chi connectivity index (χ1n) is 4.60. The largest absolute Gasteiger partial charge is 0.447 e. The predicted molar refractivity (Wildman–Crippen MR) is 58.5 cm³/mol. The maximum absolute atomic E-state index is 11.4. The van der Waals surface area contributed by atoms with Gasteiger partial charge in [0.1, 0.15) is 11.8 Å². The fourth-order valence-corrected chi connectivity index (χ4v) is 1.20. The van der Waals surface area contributed by atoms with Crippen molar-refractivity contribution in [3.8, 4) is 6.07 Å². The lowest BCUT2D eigenvalue weighted by molar-refractivity contribution is -0.384. The fraction of sp³-hybridized carbons (Fsp3) is 0.200. The van der Waals surface area contributed by atoms with E-state index in [2.05, 4.69) is 10.1 Å². The molecule has 0 aliphatic heterocycles. The van der Waals surface area contributed by atoms with Crippen LogP contribution >= 0.6 is 0 Å². The molecule has 0 fully saturated rings. The van der Waals surface area contributed by atoms with E-state index in [4.69, 9.17) is 5.26 Å². The number of nitro benzene ring substituents is 1. The third kappa shape index (κ3) is 2.92. The molecule has 0 unspecified atom stereocenters. The van der Waals surface area contributed by atoms with E-state index >= 15 is 0 Å². The number of carbonyl (C=O) groups is 1. The molecule has 0 spiro atoms. The lowest BCUT2D eigenvalue weighted by Gasteiger charge is -2.04. The van der Waals surface area contributed by atoms with Gasteiger partial charge in [-0.15, -0.1) is 0 Å². The molecular formula is C10H9N3O4. The van der Waals surface area contributed by atoms with E-state index in [1.54, 1.807) is 6.07 Å². The van der Waals surface area contributed by atoms with Gasteiger partial charge in [0.2, 0.25) is 0 Å². The molecule has 0 saturated carbocycles. The number of rotatable bonds is 4. The van der Waals surface area contributed by atoms with E-state index < -0.39 is 10.9 Å². The Kier molecular flexibility index (Phi) is 4.00. The van der Waals surface area contributed by atoms with Gasteiger partial charge in [-0.3, -0.25) is 10.1 Å². The number of nitrogens with zero attached hydrogens (tertiary/aromatic N) is 2. The lowest BCUT2D eigenvalue weighted by atomic mass is 10.1. The minimum Gasteiger partial charge on any atom is -0.447 e. The average molecular weight is 235 g/mol. The van der Waals surface area contributed by atoms with E-state index in [-0.39, 0.29) is 17.9 Å². The summed E-state index contributed by atoms with van der Waals surface area (Å²) in [4.78, 5) is 21.5. The van der Waals surface area contributed by atoms with E-state index in [0.717, 1.165) is 6.07 Å². The number of hydrogen-bond donors (Lipinski definition) is 1. The van der Waals surface area contributed by atoms with Gasteiger partial charge in [0.15, 0.2) is 6.61 Å². The summed E-state index contributed by atoms with van der Waals surface area (Å²) in [6, 6.07) is 5.53. The number of nitro groups is 1. The van der Waals surface area contributed by atoms with Crippen molar-refractivity contribution in [3.63, 3.8) is 0 Å². The molecule has 17 heavy (non-hydrogen) atoms. The molecule has 0 bridgehead atoms. The zero-order valence-corrected chi connectivity index (χ0v) is 8.97. The van der Waals surface area contributed by atoms with Crippen LogP contribution in [0, 0.1) is 21.4 Å². The van der Waals surface area contributed by atoms with Crippen molar-refractivity contribution in [2.45, 2.75) is 0 Å². The summed E-state index contributed by atoms with van der Waals surface area (Å²) in [5, 5.41) is 21.6. The molecule has 1 rings (SSSR count). The second-order valence-corrected chi connectivity index (χ2v) is 2.97. The molecule has 7 heteroatoms. The maximum atomic E-state index is 11.4. The van der Waals surface area contributed by atoms with Crippen LogP contribution in [0.1, 0.15) is 10.4 Å². The van der Waals surface area contributed by atoms with E-state index in [9.17, 15) is 14.9 Å². The summed E-state index contributed by atoms with van der Waals surface area (Å²) in [6.45, 7) is -0.388. The molecule has 0 aliphatic rings. The fourth-order valence-electron chi connectivity index (χ4n) is 1.20. The standard InChI is InChI=1S/C10H9N3O4/c1-12-8-3-2-7(6-9(8)13(15)16)10(14)17-5-4-11/h2-3,6,12H,5H2,1H3. The van der Waals surface area contributed by atoms with Gasteiger partial charge in [-0.2, -0.15) is 5.26 Å². The monoisotopic (exact) mass is 235 g/mol. The third-order valence-electron chi connectivity index (χ3n) is 1.97. The molecule has 1 N–H and O–H groups in total. The Morgan fingerprint density at radius 3 is 2.88 bits per heavy atom. The van der Waals surface area contributed by atoms with Crippen LogP contribution in [-0.2, 0) is 4.74 Å². The molecular weight excluding hydrogens is 226 g/mol. The Morgan fingerprint density at radius 2 is 2.35 bits per heavy atom. The summed E-state index contributed by atoms with van der Waals surface area (Å²) >= 11 is 0. The van der Waals surface area contributed by atoms with E-state index in [1.807, 2.05) is 0 Å². The quantitative estimate of drug-likeness (QED) is 0.479. The molecule has 0 heterocycles. The topological polar surface area (TPSA) is 105 Å². The highest BCUT2D eigenvalue weighted by molar-refractivity contribution is 5.91. The molecule has 0 aromatic heterocycles. The SMILES string of the molecule is CNc1ccc(C(=O)OCC#N)cc1[N+](=O)[O-]. The third-order valence-corrected chi connectivity index (χ3v) is 1.97. The zero-order chi connectivity index (χ0) is 12.8. The molecule has 1 aromatic rings. The Hall–Kier alpha value is -2.62. The highest BCUT2D eigenvalue weighted by Gasteiger charge is 2.17. The highest BCUT2D eigenvalue weighted by Crippen LogP contribution is 2.25. The van der Waals surface area contributed by atoms with Gasteiger partial charge in [-0.05, 0) is 12.1 Å². The average Bonchev–Trinajstić information content (AvgIpc) is 2.34. The molecule has 0 radical (unpaired) electrons. The van der Waals surface area contributed by atoms with Crippen LogP contribution in [0.4, 0.5) is 11.4 Å². The first-order valence-corrected chi connectivity index (χ1v) is 4.60. The van der Waals surface area contributed by atoms with Gasteiger partial charge in [0, 0.05) is 13.1 Å². The van der Waals surface area contributed by atoms with Crippen LogP contribution in [0.3, 0.4) is 0 Å². The van der Waals surface area contributed by atoms with Crippen LogP contribution in [0.2, 0.25) is 0 Å². The molecule has 88 valence electrons. The highest BCUT2D eigenvalue weighted by atomic mass is 16.6. The summed E-state index contributed by atoms with van der Waals surface area (Å²) in [6.07, 6.45) is 0. The van der Waals surface area contributed by atoms with Crippen molar-refractivity contribution in [3.05, 3.63) is 33.9 Å². The first-order chi connectivity index (χ1) is 8.10. The van der Waals surface area contributed by atoms with Crippen molar-refractivity contribution >= 4 is 17.3 Å². The van der Waals surface area contributed by atoms with Crippen LogP contribution in [0.15, 0.2) is 18.2 Å². The van der Waals surface area contributed by atoms with Crippen molar-refractivity contribution in [2.75, 3.05) is 19.0 Å². The van der Waals surface area contributed by atoms with Gasteiger partial charge >= 0.3 is 5.97 Å². The van der Waals surface area contributed by atoms with Crippen molar-refractivity contribution in [1.29, 1.82) is 5.26 Å². The van der Waals surface area contributed by atoms with Crippen LogP contribution in [0.25, 0.3) is 0 Å². The number of benzene rings is 1. The number of esters is 1. The molecule has 7 nitrogen and oxygen atoms in total. The summed E-state index contributed by atoms with van der Waals surface area (Å²) in [5.74, 6) is -0.766.